The number of benzene rings is 3. The predicted molar refractivity (Wildman–Crippen MR) is 135 cm³/mol. The lowest BCUT2D eigenvalue weighted by atomic mass is 9.57. The SMILES string of the molecule is COC(=O)C1=CC(C#N)(C#N)[C@]2(C(=O)N(Cc3ccccc3)c3ccccc32)[C@@H]1c1ccc([N+](=O)[O-])cc1. The molecule has 3 aromatic carbocycles. The van der Waals surface area contributed by atoms with Gasteiger partial charge in [0.05, 0.1) is 30.7 Å². The van der Waals surface area contributed by atoms with Gasteiger partial charge in [0, 0.05) is 29.3 Å². The summed E-state index contributed by atoms with van der Waals surface area (Å²) in [6, 6.07) is 25.7. The Morgan fingerprint density at radius 3 is 2.26 bits per heavy atom. The van der Waals surface area contributed by atoms with Gasteiger partial charge in [0.2, 0.25) is 5.91 Å². The largest absolute Gasteiger partial charge is 0.466 e. The highest BCUT2D eigenvalue weighted by Gasteiger charge is 2.72. The molecule has 0 unspecified atom stereocenters. The van der Waals surface area contributed by atoms with Gasteiger partial charge in [-0.1, -0.05) is 60.7 Å². The van der Waals surface area contributed by atoms with Gasteiger partial charge >= 0.3 is 5.97 Å². The van der Waals surface area contributed by atoms with Gasteiger partial charge in [-0.05, 0) is 28.8 Å². The van der Waals surface area contributed by atoms with E-state index in [-0.39, 0.29) is 17.8 Å². The Hall–Kier alpha value is -5.28. The van der Waals surface area contributed by atoms with E-state index < -0.39 is 33.5 Å². The Bertz CT molecular complexity index is 1570. The van der Waals surface area contributed by atoms with Crippen LogP contribution in [0.25, 0.3) is 0 Å². The highest BCUT2D eigenvalue weighted by atomic mass is 16.6. The molecule has 1 heterocycles. The van der Waals surface area contributed by atoms with Crippen molar-refractivity contribution in [2.45, 2.75) is 17.9 Å². The van der Waals surface area contributed by atoms with E-state index >= 15 is 0 Å². The minimum absolute atomic E-state index is 0.0332. The van der Waals surface area contributed by atoms with Crippen LogP contribution in [0.2, 0.25) is 0 Å². The number of para-hydroxylation sites is 1. The predicted octanol–water partition coefficient (Wildman–Crippen LogP) is 4.31. The van der Waals surface area contributed by atoms with Crippen molar-refractivity contribution in [1.29, 1.82) is 10.5 Å². The van der Waals surface area contributed by atoms with Crippen molar-refractivity contribution in [3.63, 3.8) is 0 Å². The fourth-order valence-corrected chi connectivity index (χ4v) is 5.73. The number of hydrogen-bond donors (Lipinski definition) is 0. The molecule has 1 amide bonds. The van der Waals surface area contributed by atoms with E-state index in [0.717, 1.165) is 5.56 Å². The number of amides is 1. The third-order valence-electron chi connectivity index (χ3n) is 7.33. The van der Waals surface area contributed by atoms with Crippen LogP contribution in [0, 0.1) is 38.2 Å². The number of ether oxygens (including phenoxy) is 1. The zero-order chi connectivity index (χ0) is 27.1. The Kier molecular flexibility index (Phi) is 5.77. The van der Waals surface area contributed by atoms with Crippen LogP contribution in [0.4, 0.5) is 11.4 Å². The Morgan fingerprint density at radius 2 is 1.66 bits per heavy atom. The third-order valence-corrected chi connectivity index (χ3v) is 7.33. The topological polar surface area (TPSA) is 137 Å². The third kappa shape index (κ3) is 3.23. The molecule has 2 atom stereocenters. The molecule has 186 valence electrons. The average Bonchev–Trinajstić information content (AvgIpc) is 3.40. The second kappa shape index (κ2) is 8.99. The smallest absolute Gasteiger partial charge is 0.334 e. The minimum atomic E-state index is -2.07. The van der Waals surface area contributed by atoms with Crippen LogP contribution in [0.3, 0.4) is 0 Å². The lowest BCUT2D eigenvalue weighted by molar-refractivity contribution is -0.384. The number of allylic oxidation sites excluding steroid dienone is 1. The molecule has 3 aromatic rings. The van der Waals surface area contributed by atoms with Gasteiger partial charge in [0.25, 0.3) is 5.69 Å². The van der Waals surface area contributed by atoms with Crippen LogP contribution in [0.1, 0.15) is 22.6 Å². The zero-order valence-electron chi connectivity index (χ0n) is 20.2. The fourth-order valence-electron chi connectivity index (χ4n) is 5.73. The lowest BCUT2D eigenvalue weighted by Crippen LogP contribution is -2.52. The summed E-state index contributed by atoms with van der Waals surface area (Å²) in [5.74, 6) is -2.44. The number of nitrogens with zero attached hydrogens (tertiary/aromatic N) is 4. The number of anilines is 1. The summed E-state index contributed by atoms with van der Waals surface area (Å²) in [7, 11) is 1.17. The van der Waals surface area contributed by atoms with E-state index in [2.05, 4.69) is 12.1 Å². The van der Waals surface area contributed by atoms with Gasteiger partial charge in [-0.2, -0.15) is 10.5 Å². The summed E-state index contributed by atoms with van der Waals surface area (Å²) in [6.07, 6.45) is 1.23. The van der Waals surface area contributed by atoms with Crippen molar-refractivity contribution in [3.05, 3.63) is 117 Å². The van der Waals surface area contributed by atoms with E-state index in [4.69, 9.17) is 4.74 Å². The van der Waals surface area contributed by atoms with E-state index in [9.17, 15) is 30.2 Å². The van der Waals surface area contributed by atoms with Crippen LogP contribution >= 0.6 is 0 Å². The Labute approximate surface area is 217 Å². The van der Waals surface area contributed by atoms with Crippen LogP contribution in [-0.4, -0.2) is 23.9 Å². The summed E-state index contributed by atoms with van der Waals surface area (Å²) in [5, 5.41) is 32.3. The zero-order valence-corrected chi connectivity index (χ0v) is 20.2. The van der Waals surface area contributed by atoms with Crippen LogP contribution < -0.4 is 4.90 Å². The maximum absolute atomic E-state index is 14.7. The summed E-state index contributed by atoms with van der Waals surface area (Å²) in [5.41, 5.74) is -2.00. The molecular weight excluding hydrogens is 484 g/mol. The minimum Gasteiger partial charge on any atom is -0.466 e. The maximum atomic E-state index is 14.7. The molecule has 2 aliphatic rings. The molecule has 1 aliphatic heterocycles. The monoisotopic (exact) mass is 504 g/mol. The summed E-state index contributed by atoms with van der Waals surface area (Å²) >= 11 is 0. The highest BCUT2D eigenvalue weighted by molar-refractivity contribution is 6.13. The molecule has 0 aromatic heterocycles. The number of esters is 1. The average molecular weight is 505 g/mol. The molecule has 38 heavy (non-hydrogen) atoms. The lowest BCUT2D eigenvalue weighted by Gasteiger charge is -2.38. The van der Waals surface area contributed by atoms with Gasteiger partial charge in [0.1, 0.15) is 5.41 Å². The van der Waals surface area contributed by atoms with Gasteiger partial charge in [-0.25, -0.2) is 4.79 Å². The van der Waals surface area contributed by atoms with E-state index in [1.807, 2.05) is 30.3 Å². The van der Waals surface area contributed by atoms with Crippen molar-refractivity contribution in [3.8, 4) is 12.1 Å². The van der Waals surface area contributed by atoms with Crippen molar-refractivity contribution in [2.24, 2.45) is 5.41 Å². The maximum Gasteiger partial charge on any atom is 0.334 e. The number of methoxy groups -OCH3 is 1. The van der Waals surface area contributed by atoms with Crippen molar-refractivity contribution >= 4 is 23.3 Å². The van der Waals surface area contributed by atoms with Gasteiger partial charge in [-0.15, -0.1) is 0 Å². The second-order valence-corrected chi connectivity index (χ2v) is 9.11. The molecule has 0 saturated carbocycles. The molecule has 9 nitrogen and oxygen atoms in total. The molecule has 1 spiro atoms. The molecule has 0 bridgehead atoms. The standard InChI is InChI=1S/C29H20N4O5/c1-38-26(34)22-15-28(17-30,18-31)29(25(22)20-11-13-21(14-12-20)33(36)37)23-9-5-6-10-24(23)32(27(29)35)16-19-7-3-2-4-8-19/h2-15,25H,16H2,1H3/t25-,29+/m1/s1. The quantitative estimate of drug-likeness (QED) is 0.287. The number of fused-ring (bicyclic) bond motifs is 2. The number of carbonyl (C=O) groups is 2. The summed E-state index contributed by atoms with van der Waals surface area (Å²) in [6.45, 7) is 0.173. The number of nitriles is 2. The number of non-ortho nitro benzene ring substituents is 1. The molecule has 0 saturated heterocycles. The number of nitro groups is 1. The number of hydrogen-bond acceptors (Lipinski definition) is 7. The molecule has 0 N–H and O–H groups in total. The first kappa shape index (κ1) is 24.4. The molecule has 0 fully saturated rings. The first-order valence-corrected chi connectivity index (χ1v) is 11.7. The van der Waals surface area contributed by atoms with E-state index in [1.54, 1.807) is 24.3 Å². The number of carbonyl (C=O) groups excluding carboxylic acids is 2. The van der Waals surface area contributed by atoms with Crippen LogP contribution in [0.5, 0.6) is 0 Å². The van der Waals surface area contributed by atoms with Crippen molar-refractivity contribution < 1.29 is 19.2 Å². The van der Waals surface area contributed by atoms with Gasteiger partial charge < -0.3 is 9.64 Å². The van der Waals surface area contributed by atoms with Crippen molar-refractivity contribution in [2.75, 3.05) is 12.0 Å². The molecular formula is C29H20N4O5. The van der Waals surface area contributed by atoms with Crippen molar-refractivity contribution in [1.82, 2.24) is 0 Å². The molecule has 9 heteroatoms. The normalized spacial score (nSPS) is 20.8. The van der Waals surface area contributed by atoms with Crippen LogP contribution in [-0.2, 0) is 26.3 Å². The molecule has 1 aliphatic carbocycles. The number of nitro benzene ring substituents is 1. The summed E-state index contributed by atoms with van der Waals surface area (Å²) < 4.78 is 5.02. The Balaban J connectivity index is 1.81. The fraction of sp³-hybridized carbons (Fsp3) is 0.172. The van der Waals surface area contributed by atoms with E-state index in [1.165, 1.54) is 42.4 Å². The highest BCUT2D eigenvalue weighted by Crippen LogP contribution is 2.65. The number of rotatable bonds is 5. The van der Waals surface area contributed by atoms with E-state index in [0.29, 0.717) is 16.8 Å². The summed E-state index contributed by atoms with van der Waals surface area (Å²) in [4.78, 5) is 40.0. The van der Waals surface area contributed by atoms with Crippen LogP contribution in [0.15, 0.2) is 90.5 Å². The molecule has 0 radical (unpaired) electrons. The first-order valence-electron chi connectivity index (χ1n) is 11.7. The van der Waals surface area contributed by atoms with Gasteiger partial charge in [-0.3, -0.25) is 14.9 Å². The Morgan fingerprint density at radius 1 is 1.03 bits per heavy atom. The first-order chi connectivity index (χ1) is 18.3. The molecule has 5 rings (SSSR count). The van der Waals surface area contributed by atoms with Gasteiger partial charge in [0.15, 0.2) is 5.41 Å². The second-order valence-electron chi connectivity index (χ2n) is 9.11.